The van der Waals surface area contributed by atoms with Gasteiger partial charge in [-0.15, -0.1) is 0 Å². The van der Waals surface area contributed by atoms with Gasteiger partial charge in [0.25, 0.3) is 0 Å². The third kappa shape index (κ3) is 85.0. The van der Waals surface area contributed by atoms with E-state index in [2.05, 4.69) is 11.8 Å². The molecule has 0 radical (unpaired) electrons. The average Bonchev–Trinajstić information content (AvgIpc) is 0.722. The minimum absolute atomic E-state index is 0. The van der Waals surface area contributed by atoms with Crippen molar-refractivity contribution < 1.29 is 109 Å². The van der Waals surface area contributed by atoms with Crippen LogP contribution in [0.25, 0.3) is 0 Å². The second-order valence-corrected chi connectivity index (χ2v) is 2.68. The summed E-state index contributed by atoms with van der Waals surface area (Å²) in [6, 6.07) is 0. The molecule has 9 heavy (non-hydrogen) atoms. The molecule has 2 N–H and O–H groups in total. The topological polar surface area (TPSA) is 101 Å². The van der Waals surface area contributed by atoms with Crippen molar-refractivity contribution in [2.45, 2.75) is 0 Å². The van der Waals surface area contributed by atoms with E-state index in [-0.39, 0.29) is 94.1 Å². The van der Waals surface area contributed by atoms with Crippen LogP contribution in [0.1, 0.15) is 0 Å². The second-order valence-electron chi connectivity index (χ2n) is 0.447. The van der Waals surface area contributed by atoms with Crippen LogP contribution < -0.4 is 103 Å². The van der Waals surface area contributed by atoms with Crippen molar-refractivity contribution in [1.29, 1.82) is 0 Å². The van der Waals surface area contributed by atoms with Gasteiger partial charge >= 0.3 is 88.7 Å². The summed E-state index contributed by atoms with van der Waals surface area (Å²) in [5, 5.41) is 0. The summed E-state index contributed by atoms with van der Waals surface area (Å²) in [4.78, 5) is 26.8. The van der Waals surface area contributed by atoms with Crippen LogP contribution in [0.3, 0.4) is 0 Å². The Bertz CT molecular complexity index is 61.9. The van der Waals surface area contributed by atoms with Crippen molar-refractivity contribution in [3.63, 3.8) is 0 Å². The fourth-order valence-electron chi connectivity index (χ4n) is 0. The third-order valence-electron chi connectivity index (χ3n) is 0. The van der Waals surface area contributed by atoms with Crippen LogP contribution in [0.15, 0.2) is 0 Å². The molecule has 0 saturated carbocycles. The van der Waals surface area contributed by atoms with Crippen molar-refractivity contribution in [3.8, 4) is 0 Å². The van der Waals surface area contributed by atoms with Crippen LogP contribution in [0.5, 0.6) is 0 Å². The largest absolute Gasteiger partial charge is 1.00 e. The van der Waals surface area contributed by atoms with Gasteiger partial charge in [-0.2, -0.15) is 11.8 Å². The van der Waals surface area contributed by atoms with Gasteiger partial charge in [0.05, 0.1) is 0 Å². The van der Waals surface area contributed by atoms with E-state index in [1.807, 2.05) is 0 Å². The smallest absolute Gasteiger partial charge is 0.844 e. The zero-order valence-electron chi connectivity index (χ0n) is 5.58. The fraction of sp³-hybridized carbons (Fsp3) is 0. The van der Waals surface area contributed by atoms with Crippen LogP contribution in [-0.2, 0) is 11.8 Å². The summed E-state index contributed by atoms with van der Waals surface area (Å²) in [5.74, 6) is 0. The predicted octanol–water partition coefficient (Wildman–Crippen LogP) is -12.5. The minimum atomic E-state index is -4.56. The molecule has 0 saturated heterocycles. The Kier molecular flexibility index (Phi) is 45.8. The molecule has 0 amide bonds. The maximum atomic E-state index is 8.92. The van der Waals surface area contributed by atoms with Crippen molar-refractivity contribution >= 4 is 18.5 Å². The first-order valence-corrected chi connectivity index (χ1v) is 3.29. The number of hydrogen-bond donors (Lipinski definition) is 0. The molecule has 0 aliphatic rings. The molecule has 0 atom stereocenters. The van der Waals surface area contributed by atoms with Gasteiger partial charge < -0.3 is 26.9 Å². The van der Waals surface area contributed by atoms with E-state index in [4.69, 9.17) is 14.7 Å². The Morgan fingerprint density at radius 3 is 0.889 bits per heavy atom. The second kappa shape index (κ2) is 14.0. The summed E-state index contributed by atoms with van der Waals surface area (Å²) >= 11 is 3.27. The molecule has 0 rings (SSSR count). The van der Waals surface area contributed by atoms with Crippen LogP contribution in [0.2, 0.25) is 0 Å². The Morgan fingerprint density at radius 2 is 0.889 bits per heavy atom. The van der Waals surface area contributed by atoms with E-state index in [1.54, 1.807) is 0 Å². The molecule has 40 valence electrons. The van der Waals surface area contributed by atoms with Crippen molar-refractivity contribution in [1.82, 2.24) is 0 Å². The van der Waals surface area contributed by atoms with Gasteiger partial charge in [0, 0.05) is 0 Å². The molecule has 9 heteroatoms. The number of rotatable bonds is 0. The van der Waals surface area contributed by atoms with Crippen LogP contribution in [0.4, 0.5) is 0 Å². The minimum Gasteiger partial charge on any atom is -0.844 e. The first kappa shape index (κ1) is 29.4. The molecule has 0 heterocycles. The molecule has 0 aromatic rings. The van der Waals surface area contributed by atoms with Gasteiger partial charge in [-0.25, -0.2) is 0 Å². The van der Waals surface area contributed by atoms with E-state index >= 15 is 0 Å². The zero-order valence-corrected chi connectivity index (χ0v) is 13.3. The predicted molar refractivity (Wildman–Crippen MR) is 17.9 cm³/mol. The Morgan fingerprint density at radius 1 is 0.889 bits per heavy atom. The molecule has 4 nitrogen and oxygen atoms in total. The van der Waals surface area contributed by atoms with Crippen molar-refractivity contribution in [2.75, 3.05) is 0 Å². The molecular formula is H2Na3O4PS. The summed E-state index contributed by atoms with van der Waals surface area (Å²) in [6.45, 7) is -4.56. The summed E-state index contributed by atoms with van der Waals surface area (Å²) < 4.78 is 0. The van der Waals surface area contributed by atoms with Gasteiger partial charge in [0.1, 0.15) is 0 Å². The van der Waals surface area contributed by atoms with E-state index in [1.165, 1.54) is 0 Å². The molecule has 0 aromatic heterocycles. The van der Waals surface area contributed by atoms with E-state index in [0.29, 0.717) is 0 Å². The molecule has 0 aromatic carbocycles. The molecule has 0 bridgehead atoms. The van der Waals surface area contributed by atoms with E-state index < -0.39 is 6.72 Å². The van der Waals surface area contributed by atoms with E-state index in [0.717, 1.165) is 0 Å². The van der Waals surface area contributed by atoms with Gasteiger partial charge in [-0.1, -0.05) is 0 Å². The maximum Gasteiger partial charge on any atom is 1.00 e. The zero-order chi connectivity index (χ0) is 4.50. The van der Waals surface area contributed by atoms with Crippen LogP contribution in [0, 0.1) is 0 Å². The summed E-state index contributed by atoms with van der Waals surface area (Å²) in [5.41, 5.74) is 0. The molecule has 0 spiro atoms. The average molecular weight is 198 g/mol. The van der Waals surface area contributed by atoms with Crippen molar-refractivity contribution in [3.05, 3.63) is 0 Å². The maximum absolute atomic E-state index is 8.92. The quantitative estimate of drug-likeness (QED) is 0.285. The third-order valence-corrected chi connectivity index (χ3v) is 0. The molecular weight excluding hydrogens is 196 g/mol. The van der Waals surface area contributed by atoms with Gasteiger partial charge in [0.2, 0.25) is 0 Å². The van der Waals surface area contributed by atoms with Crippen molar-refractivity contribution in [2.24, 2.45) is 0 Å². The first-order valence-electron chi connectivity index (χ1n) is 0.730. The Labute approximate surface area is 125 Å². The number of hydrogen-bond acceptors (Lipinski definition) is 4. The molecule has 0 fully saturated rings. The van der Waals surface area contributed by atoms with Crippen LogP contribution in [-0.4, -0.2) is 5.48 Å². The normalized spacial score (nSPS) is 6.56. The molecule has 0 aliphatic carbocycles. The van der Waals surface area contributed by atoms with Crippen LogP contribution >= 0.6 is 6.72 Å². The first-order chi connectivity index (χ1) is 2.00. The molecule has 0 aliphatic heterocycles. The summed E-state index contributed by atoms with van der Waals surface area (Å²) in [6.07, 6.45) is 0. The van der Waals surface area contributed by atoms with E-state index in [9.17, 15) is 0 Å². The summed E-state index contributed by atoms with van der Waals surface area (Å²) in [7, 11) is 0. The Balaban J connectivity index is -0.0000000133. The fourth-order valence-corrected chi connectivity index (χ4v) is 0. The molecule has 0 unspecified atom stereocenters. The standard InChI is InChI=1S/3Na.H3O3PS.H2O/c;;;1-4(2,3)5;/h;;;(H3,1,2,3,5);1H2/q3*+1;;/p-3. The monoisotopic (exact) mass is 198 g/mol. The van der Waals surface area contributed by atoms with Gasteiger partial charge in [0.15, 0.2) is 0 Å². The Hall–Kier alpha value is 3.49. The SMILES string of the molecule is O.[Na+].[Na+].[Na+].[O-]P([O-])([O-])=S. The van der Waals surface area contributed by atoms with Gasteiger partial charge in [-0.05, 0) is 0 Å². The van der Waals surface area contributed by atoms with Gasteiger partial charge in [-0.3, -0.25) is 0 Å².